The van der Waals surface area contributed by atoms with Gasteiger partial charge in [0.25, 0.3) is 0 Å². The Bertz CT molecular complexity index is 1200. The van der Waals surface area contributed by atoms with Crippen molar-refractivity contribution >= 4 is 39.3 Å². The van der Waals surface area contributed by atoms with Gasteiger partial charge in [0, 0.05) is 42.2 Å². The molecule has 33 heavy (non-hydrogen) atoms. The van der Waals surface area contributed by atoms with Gasteiger partial charge in [-0.05, 0) is 39.3 Å². The standard InChI is InChI=1S/C22H28ClN3O6S/c1-14-11-19(16(3)25(14)8-9-31-4)20(27)12-32-21(28)6-5-18-15(2)24-26(22(18)23)17-7-10-33(29,30)13-17/h5-6,11,17H,7-10,12-13H2,1-4H3/b6-5-/t17-/m0/s1. The Labute approximate surface area is 198 Å². The number of carbonyl (C=O) groups is 2. The second kappa shape index (κ2) is 10.2. The van der Waals surface area contributed by atoms with Crippen LogP contribution in [0.25, 0.3) is 6.08 Å². The minimum absolute atomic E-state index is 0.00671. The Balaban J connectivity index is 1.63. The number of nitrogens with zero attached hydrogens (tertiary/aromatic N) is 3. The van der Waals surface area contributed by atoms with Crippen LogP contribution in [0.3, 0.4) is 0 Å². The Hall–Kier alpha value is -2.43. The summed E-state index contributed by atoms with van der Waals surface area (Å²) in [5.41, 5.74) is 3.30. The fraction of sp³-hybridized carbons (Fsp3) is 0.500. The monoisotopic (exact) mass is 497 g/mol. The van der Waals surface area contributed by atoms with Crippen molar-refractivity contribution in [2.45, 2.75) is 39.8 Å². The lowest BCUT2D eigenvalue weighted by Crippen LogP contribution is -2.14. The molecular formula is C22H28ClN3O6S. The Kier molecular flexibility index (Phi) is 7.81. The molecule has 0 aromatic carbocycles. The summed E-state index contributed by atoms with van der Waals surface area (Å²) in [7, 11) is -1.47. The number of aromatic nitrogens is 3. The van der Waals surface area contributed by atoms with Crippen LogP contribution in [-0.4, -0.2) is 66.3 Å². The highest BCUT2D eigenvalue weighted by Crippen LogP contribution is 2.30. The molecule has 1 fully saturated rings. The first kappa shape index (κ1) is 25.2. The van der Waals surface area contributed by atoms with Crippen molar-refractivity contribution in [1.82, 2.24) is 14.3 Å². The van der Waals surface area contributed by atoms with Gasteiger partial charge in [0.15, 0.2) is 16.4 Å². The molecule has 0 unspecified atom stereocenters. The average Bonchev–Trinajstić information content (AvgIpc) is 3.36. The number of esters is 1. The molecule has 1 aliphatic rings. The van der Waals surface area contributed by atoms with E-state index in [1.54, 1.807) is 20.1 Å². The van der Waals surface area contributed by atoms with Gasteiger partial charge in [-0.3, -0.25) is 4.79 Å². The summed E-state index contributed by atoms with van der Waals surface area (Å²) >= 11 is 6.40. The summed E-state index contributed by atoms with van der Waals surface area (Å²) in [6.07, 6.45) is 3.09. The van der Waals surface area contributed by atoms with Crippen LogP contribution < -0.4 is 0 Å². The zero-order valence-corrected chi connectivity index (χ0v) is 20.7. The molecule has 2 aromatic heterocycles. The first-order chi connectivity index (χ1) is 15.5. The van der Waals surface area contributed by atoms with Gasteiger partial charge in [0.1, 0.15) is 5.15 Å². The van der Waals surface area contributed by atoms with Crippen molar-refractivity contribution in [2.75, 3.05) is 31.8 Å². The molecule has 1 atom stereocenters. The lowest BCUT2D eigenvalue weighted by Gasteiger charge is -2.09. The quantitative estimate of drug-likeness (QED) is 0.297. The molecule has 180 valence electrons. The molecule has 1 saturated heterocycles. The molecule has 0 radical (unpaired) electrons. The van der Waals surface area contributed by atoms with Gasteiger partial charge in [0.2, 0.25) is 5.78 Å². The van der Waals surface area contributed by atoms with Gasteiger partial charge < -0.3 is 14.0 Å². The molecule has 0 spiro atoms. The van der Waals surface area contributed by atoms with Crippen LogP contribution in [-0.2, 0) is 30.7 Å². The molecule has 0 aliphatic carbocycles. The lowest BCUT2D eigenvalue weighted by molar-refractivity contribution is -0.136. The average molecular weight is 498 g/mol. The number of hydrogen-bond acceptors (Lipinski definition) is 7. The molecule has 1 aliphatic heterocycles. The highest BCUT2D eigenvalue weighted by atomic mass is 35.5. The van der Waals surface area contributed by atoms with Crippen molar-refractivity contribution in [3.05, 3.63) is 45.5 Å². The van der Waals surface area contributed by atoms with Crippen molar-refractivity contribution in [1.29, 1.82) is 0 Å². The predicted molar refractivity (Wildman–Crippen MR) is 124 cm³/mol. The molecule has 0 amide bonds. The maximum Gasteiger partial charge on any atom is 0.331 e. The lowest BCUT2D eigenvalue weighted by atomic mass is 10.1. The third-order valence-corrected chi connectivity index (χ3v) is 7.88. The van der Waals surface area contributed by atoms with Crippen molar-refractivity contribution < 1.29 is 27.5 Å². The Morgan fingerprint density at radius 3 is 2.67 bits per heavy atom. The number of Topliss-reactive ketones (excluding diaryl/α,β-unsaturated/α-hetero) is 1. The van der Waals surface area contributed by atoms with Crippen molar-refractivity contribution in [3.8, 4) is 0 Å². The molecule has 0 bridgehead atoms. The second-order valence-corrected chi connectivity index (χ2v) is 10.7. The molecule has 9 nitrogen and oxygen atoms in total. The summed E-state index contributed by atoms with van der Waals surface area (Å²) in [6, 6.07) is 1.45. The van der Waals surface area contributed by atoms with E-state index in [9.17, 15) is 18.0 Å². The van der Waals surface area contributed by atoms with Crippen LogP contribution in [0.15, 0.2) is 12.1 Å². The van der Waals surface area contributed by atoms with Crippen LogP contribution >= 0.6 is 11.6 Å². The van der Waals surface area contributed by atoms with Gasteiger partial charge in [0.05, 0.1) is 29.8 Å². The van der Waals surface area contributed by atoms with E-state index in [4.69, 9.17) is 21.1 Å². The smallest absolute Gasteiger partial charge is 0.331 e. The SMILES string of the molecule is COCCn1c(C)cc(C(=O)COC(=O)/C=C\c2c(C)nn([C@H]3CCS(=O)(=O)C3)c2Cl)c1C. The number of halogens is 1. The van der Waals surface area contributed by atoms with E-state index >= 15 is 0 Å². The third kappa shape index (κ3) is 5.74. The van der Waals surface area contributed by atoms with E-state index in [1.807, 2.05) is 18.4 Å². The summed E-state index contributed by atoms with van der Waals surface area (Å²) in [5.74, 6) is -0.887. The molecule has 11 heteroatoms. The largest absolute Gasteiger partial charge is 0.454 e. The van der Waals surface area contributed by atoms with Gasteiger partial charge in [-0.2, -0.15) is 5.10 Å². The molecule has 3 rings (SSSR count). The van der Waals surface area contributed by atoms with Crippen LogP contribution in [0.1, 0.15) is 45.5 Å². The van der Waals surface area contributed by atoms with Crippen molar-refractivity contribution in [3.63, 3.8) is 0 Å². The number of sulfone groups is 1. The number of rotatable bonds is 9. The number of ether oxygens (including phenoxy) is 2. The van der Waals surface area contributed by atoms with E-state index in [0.29, 0.717) is 36.4 Å². The maximum absolute atomic E-state index is 12.6. The van der Waals surface area contributed by atoms with Crippen LogP contribution in [0.5, 0.6) is 0 Å². The van der Waals surface area contributed by atoms with Crippen LogP contribution in [0.2, 0.25) is 5.15 Å². The molecule has 0 saturated carbocycles. The maximum atomic E-state index is 12.6. The summed E-state index contributed by atoms with van der Waals surface area (Å²) < 4.78 is 37.2. The van der Waals surface area contributed by atoms with E-state index in [0.717, 1.165) is 11.4 Å². The number of aryl methyl sites for hydroxylation is 2. The van der Waals surface area contributed by atoms with Gasteiger partial charge in [-0.25, -0.2) is 17.9 Å². The Morgan fingerprint density at radius 2 is 2.03 bits per heavy atom. The second-order valence-electron chi connectivity index (χ2n) is 8.08. The fourth-order valence-electron chi connectivity index (χ4n) is 3.96. The van der Waals surface area contributed by atoms with E-state index < -0.39 is 15.8 Å². The van der Waals surface area contributed by atoms with Gasteiger partial charge in [-0.15, -0.1) is 0 Å². The zero-order chi connectivity index (χ0) is 24.3. The minimum atomic E-state index is -3.09. The van der Waals surface area contributed by atoms with Crippen LogP contribution in [0, 0.1) is 20.8 Å². The fourth-order valence-corrected chi connectivity index (χ4v) is 6.02. The number of methoxy groups -OCH3 is 1. The third-order valence-electron chi connectivity index (χ3n) is 5.75. The molecular weight excluding hydrogens is 470 g/mol. The van der Waals surface area contributed by atoms with Crippen molar-refractivity contribution in [2.24, 2.45) is 0 Å². The number of ketones is 1. The molecule has 2 aromatic rings. The number of carbonyl (C=O) groups excluding carboxylic acids is 2. The summed E-state index contributed by atoms with van der Waals surface area (Å²) in [5, 5.41) is 4.60. The summed E-state index contributed by atoms with van der Waals surface area (Å²) in [6.45, 7) is 6.24. The topological polar surface area (TPSA) is 109 Å². The highest BCUT2D eigenvalue weighted by molar-refractivity contribution is 7.91. The number of hydrogen-bond donors (Lipinski definition) is 0. The van der Waals surface area contributed by atoms with Gasteiger partial charge >= 0.3 is 5.97 Å². The zero-order valence-electron chi connectivity index (χ0n) is 19.1. The van der Waals surface area contributed by atoms with E-state index in [1.165, 1.54) is 16.8 Å². The van der Waals surface area contributed by atoms with Gasteiger partial charge in [-0.1, -0.05) is 11.6 Å². The summed E-state index contributed by atoms with van der Waals surface area (Å²) in [4.78, 5) is 24.8. The minimum Gasteiger partial charge on any atom is -0.454 e. The van der Waals surface area contributed by atoms with E-state index in [2.05, 4.69) is 5.10 Å². The Morgan fingerprint density at radius 1 is 1.30 bits per heavy atom. The predicted octanol–water partition coefficient (Wildman–Crippen LogP) is 2.71. The first-order valence-corrected chi connectivity index (χ1v) is 12.7. The highest BCUT2D eigenvalue weighted by Gasteiger charge is 2.31. The molecule has 3 heterocycles. The normalized spacial score (nSPS) is 17.7. The van der Waals surface area contributed by atoms with Crippen LogP contribution in [0.4, 0.5) is 0 Å². The first-order valence-electron chi connectivity index (χ1n) is 10.5. The molecule has 0 N–H and O–H groups in total. The van der Waals surface area contributed by atoms with E-state index in [-0.39, 0.29) is 35.1 Å².